The summed E-state index contributed by atoms with van der Waals surface area (Å²) in [5, 5.41) is 11.3. The van der Waals surface area contributed by atoms with E-state index < -0.39 is 0 Å². The Morgan fingerprint density at radius 1 is 1.09 bits per heavy atom. The third kappa shape index (κ3) is 5.87. The number of benzene rings is 2. The topological polar surface area (TPSA) is 60.2 Å². The third-order valence-electron chi connectivity index (χ3n) is 4.92. The normalized spacial score (nSPS) is 11.0. The molecule has 0 unspecified atom stereocenters. The Balaban J connectivity index is 1.57. The van der Waals surface area contributed by atoms with Crippen molar-refractivity contribution in [3.05, 3.63) is 82.8 Å². The molecular weight excluding hydrogens is 459 g/mol. The molecule has 2 heterocycles. The molecule has 33 heavy (non-hydrogen) atoms. The van der Waals surface area contributed by atoms with Crippen LogP contribution in [0.25, 0.3) is 17.1 Å². The SMILES string of the molecule is COCCN(Cc1cccs1)C(=O)CSc1nnc(-c2ccccc2)n1-c1ccc(F)cc1. The van der Waals surface area contributed by atoms with Crippen LogP contribution in [0.5, 0.6) is 0 Å². The van der Waals surface area contributed by atoms with Crippen LogP contribution in [0.1, 0.15) is 4.88 Å². The quantitative estimate of drug-likeness (QED) is 0.301. The molecule has 0 atom stereocenters. The number of ether oxygens (including phenoxy) is 1. The van der Waals surface area contributed by atoms with Gasteiger partial charge in [0.15, 0.2) is 11.0 Å². The first-order valence-electron chi connectivity index (χ1n) is 10.3. The monoisotopic (exact) mass is 482 g/mol. The lowest BCUT2D eigenvalue weighted by Gasteiger charge is -2.21. The van der Waals surface area contributed by atoms with Crippen LogP contribution in [0.3, 0.4) is 0 Å². The van der Waals surface area contributed by atoms with Crippen LogP contribution in [-0.2, 0) is 16.1 Å². The highest BCUT2D eigenvalue weighted by Gasteiger charge is 2.20. The van der Waals surface area contributed by atoms with E-state index in [0.717, 1.165) is 16.1 Å². The third-order valence-corrected chi connectivity index (χ3v) is 6.69. The van der Waals surface area contributed by atoms with Gasteiger partial charge in [-0.25, -0.2) is 4.39 Å². The fourth-order valence-corrected chi connectivity index (χ4v) is 4.84. The van der Waals surface area contributed by atoms with Crippen molar-refractivity contribution in [1.29, 1.82) is 0 Å². The van der Waals surface area contributed by atoms with Crippen LogP contribution >= 0.6 is 23.1 Å². The van der Waals surface area contributed by atoms with Crippen molar-refractivity contribution in [1.82, 2.24) is 19.7 Å². The number of halogens is 1. The standard InChI is InChI=1S/C24H23FN4O2S2/c1-31-14-13-28(16-21-8-5-15-32-21)22(30)17-33-24-27-26-23(18-6-3-2-4-7-18)29(24)20-11-9-19(25)10-12-20/h2-12,15H,13-14,16-17H2,1H3. The molecule has 6 nitrogen and oxygen atoms in total. The number of hydrogen-bond acceptors (Lipinski definition) is 6. The molecule has 1 amide bonds. The predicted molar refractivity (Wildman–Crippen MR) is 129 cm³/mol. The van der Waals surface area contributed by atoms with Crippen molar-refractivity contribution < 1.29 is 13.9 Å². The number of rotatable bonds is 10. The number of carbonyl (C=O) groups excluding carboxylic acids is 1. The number of methoxy groups -OCH3 is 1. The molecule has 2 aromatic heterocycles. The largest absolute Gasteiger partial charge is 0.383 e. The van der Waals surface area contributed by atoms with E-state index in [-0.39, 0.29) is 17.5 Å². The lowest BCUT2D eigenvalue weighted by molar-refractivity contribution is -0.129. The summed E-state index contributed by atoms with van der Waals surface area (Å²) in [4.78, 5) is 16.0. The molecule has 0 aliphatic heterocycles. The van der Waals surface area contributed by atoms with Gasteiger partial charge in [0.2, 0.25) is 5.91 Å². The minimum absolute atomic E-state index is 0.0135. The highest BCUT2D eigenvalue weighted by atomic mass is 32.2. The number of aromatic nitrogens is 3. The summed E-state index contributed by atoms with van der Waals surface area (Å²) in [6.45, 7) is 1.51. The number of carbonyl (C=O) groups is 1. The van der Waals surface area contributed by atoms with Gasteiger partial charge in [-0.3, -0.25) is 9.36 Å². The summed E-state index contributed by atoms with van der Waals surface area (Å²) in [6.07, 6.45) is 0. The molecule has 2 aromatic carbocycles. The highest BCUT2D eigenvalue weighted by Crippen LogP contribution is 2.28. The average Bonchev–Trinajstić information content (AvgIpc) is 3.51. The van der Waals surface area contributed by atoms with Gasteiger partial charge in [0.25, 0.3) is 0 Å². The lowest BCUT2D eigenvalue weighted by Crippen LogP contribution is -2.34. The lowest BCUT2D eigenvalue weighted by atomic mass is 10.2. The van der Waals surface area contributed by atoms with Crippen LogP contribution in [-0.4, -0.2) is 51.6 Å². The summed E-state index contributed by atoms with van der Waals surface area (Å²) in [5.74, 6) is 0.496. The first kappa shape index (κ1) is 23.2. The highest BCUT2D eigenvalue weighted by molar-refractivity contribution is 7.99. The second-order valence-electron chi connectivity index (χ2n) is 7.16. The van der Waals surface area contributed by atoms with Gasteiger partial charge in [0.05, 0.1) is 18.9 Å². The fraction of sp³-hybridized carbons (Fsp3) is 0.208. The maximum absolute atomic E-state index is 13.5. The van der Waals surface area contributed by atoms with E-state index in [1.54, 1.807) is 35.5 Å². The van der Waals surface area contributed by atoms with Crippen LogP contribution in [0.4, 0.5) is 4.39 Å². The summed E-state index contributed by atoms with van der Waals surface area (Å²) in [7, 11) is 1.62. The molecule has 0 bridgehead atoms. The maximum atomic E-state index is 13.5. The van der Waals surface area contributed by atoms with E-state index in [4.69, 9.17) is 4.74 Å². The van der Waals surface area contributed by atoms with Gasteiger partial charge in [0, 0.05) is 29.8 Å². The molecule has 0 N–H and O–H groups in total. The van der Waals surface area contributed by atoms with Gasteiger partial charge in [-0.1, -0.05) is 48.2 Å². The summed E-state index contributed by atoms with van der Waals surface area (Å²) >= 11 is 2.93. The summed E-state index contributed by atoms with van der Waals surface area (Å²) < 4.78 is 20.6. The molecule has 0 aliphatic carbocycles. The van der Waals surface area contributed by atoms with Crippen molar-refractivity contribution in [3.8, 4) is 17.1 Å². The van der Waals surface area contributed by atoms with Crippen LogP contribution in [0.15, 0.2) is 77.3 Å². The van der Waals surface area contributed by atoms with Gasteiger partial charge in [-0.05, 0) is 35.7 Å². The molecule has 4 aromatic rings. The number of thiophene rings is 1. The Labute approximate surface area is 200 Å². The maximum Gasteiger partial charge on any atom is 0.233 e. The number of nitrogens with zero attached hydrogens (tertiary/aromatic N) is 4. The molecule has 0 saturated carbocycles. The predicted octanol–water partition coefficient (Wildman–Crippen LogP) is 4.90. The summed E-state index contributed by atoms with van der Waals surface area (Å²) in [6, 6.07) is 19.8. The van der Waals surface area contributed by atoms with E-state index in [1.807, 2.05) is 52.4 Å². The molecule has 0 aliphatic rings. The first-order valence-corrected chi connectivity index (χ1v) is 12.2. The second-order valence-corrected chi connectivity index (χ2v) is 9.13. The van der Waals surface area contributed by atoms with Gasteiger partial charge in [-0.15, -0.1) is 21.5 Å². The molecule has 0 radical (unpaired) electrons. The zero-order chi connectivity index (χ0) is 23.0. The van der Waals surface area contributed by atoms with Gasteiger partial charge in [0.1, 0.15) is 5.82 Å². The summed E-state index contributed by atoms with van der Waals surface area (Å²) in [5.41, 5.74) is 1.61. The molecule has 9 heteroatoms. The van der Waals surface area contributed by atoms with Crippen LogP contribution in [0.2, 0.25) is 0 Å². The van der Waals surface area contributed by atoms with E-state index >= 15 is 0 Å². The molecule has 4 rings (SSSR count). The zero-order valence-electron chi connectivity index (χ0n) is 18.1. The van der Waals surface area contributed by atoms with E-state index in [0.29, 0.717) is 30.7 Å². The van der Waals surface area contributed by atoms with Crippen molar-refractivity contribution in [3.63, 3.8) is 0 Å². The van der Waals surface area contributed by atoms with Gasteiger partial charge in [-0.2, -0.15) is 0 Å². The minimum atomic E-state index is -0.320. The van der Waals surface area contributed by atoms with Crippen molar-refractivity contribution in [2.45, 2.75) is 11.7 Å². The minimum Gasteiger partial charge on any atom is -0.383 e. The van der Waals surface area contributed by atoms with E-state index in [2.05, 4.69) is 10.2 Å². The number of hydrogen-bond donors (Lipinski definition) is 0. The Hall–Kier alpha value is -3.01. The van der Waals surface area contributed by atoms with Crippen LogP contribution in [0, 0.1) is 5.82 Å². The second kappa shape index (κ2) is 11.2. The van der Waals surface area contributed by atoms with E-state index in [1.165, 1.54) is 23.9 Å². The van der Waals surface area contributed by atoms with E-state index in [9.17, 15) is 9.18 Å². The molecular formula is C24H23FN4O2S2. The van der Waals surface area contributed by atoms with Gasteiger partial charge >= 0.3 is 0 Å². The van der Waals surface area contributed by atoms with Gasteiger partial charge < -0.3 is 9.64 Å². The molecule has 0 fully saturated rings. The Bertz CT molecular complexity index is 1170. The molecule has 0 spiro atoms. The molecule has 170 valence electrons. The van der Waals surface area contributed by atoms with Crippen molar-refractivity contribution >= 4 is 29.0 Å². The number of amides is 1. The fourth-order valence-electron chi connectivity index (χ4n) is 3.26. The Morgan fingerprint density at radius 2 is 1.88 bits per heavy atom. The first-order chi connectivity index (χ1) is 16.2. The Morgan fingerprint density at radius 3 is 2.58 bits per heavy atom. The smallest absolute Gasteiger partial charge is 0.233 e. The number of thioether (sulfide) groups is 1. The average molecular weight is 483 g/mol. The van der Waals surface area contributed by atoms with Crippen molar-refractivity contribution in [2.75, 3.05) is 26.0 Å². The molecule has 0 saturated heterocycles. The van der Waals surface area contributed by atoms with Crippen LogP contribution < -0.4 is 0 Å². The van der Waals surface area contributed by atoms with Crippen molar-refractivity contribution in [2.24, 2.45) is 0 Å². The Kier molecular flexibility index (Phi) is 7.87. The zero-order valence-corrected chi connectivity index (χ0v) is 19.7.